The molecule has 4 nitrogen and oxygen atoms in total. The Labute approximate surface area is 211 Å². The molecule has 36 heavy (non-hydrogen) atoms. The van der Waals surface area contributed by atoms with Gasteiger partial charge in [-0.3, -0.25) is 4.98 Å². The minimum Gasteiger partial charge on any atom is -0.390 e. The van der Waals surface area contributed by atoms with Crippen LogP contribution in [0.4, 0.5) is 18.9 Å². The largest absolute Gasteiger partial charge is 0.390 e. The average Bonchev–Trinajstić information content (AvgIpc) is 2.77. The van der Waals surface area contributed by atoms with Crippen molar-refractivity contribution in [1.29, 1.82) is 0 Å². The number of aryl methyl sites for hydroxylation is 2. The van der Waals surface area contributed by atoms with Crippen LogP contribution in [0, 0.1) is 29.3 Å². The van der Waals surface area contributed by atoms with Gasteiger partial charge in [0, 0.05) is 43.3 Å². The lowest BCUT2D eigenvalue weighted by atomic mass is 9.91. The summed E-state index contributed by atoms with van der Waals surface area (Å²) in [5.41, 5.74) is 1.09. The first-order valence-electron chi connectivity index (χ1n) is 12.5. The molecule has 1 fully saturated rings. The number of halogens is 3. The third kappa shape index (κ3) is 6.25. The van der Waals surface area contributed by atoms with Crippen molar-refractivity contribution in [2.45, 2.75) is 59.0 Å². The molecule has 192 valence electrons. The van der Waals surface area contributed by atoms with Crippen molar-refractivity contribution in [2.75, 3.05) is 18.0 Å². The van der Waals surface area contributed by atoms with Gasteiger partial charge < -0.3 is 10.0 Å². The van der Waals surface area contributed by atoms with Crippen molar-refractivity contribution >= 4 is 5.69 Å². The number of aromatic nitrogens is 2. The van der Waals surface area contributed by atoms with Gasteiger partial charge in [-0.1, -0.05) is 13.8 Å². The quantitative estimate of drug-likeness (QED) is 0.426. The maximum absolute atomic E-state index is 14.9. The zero-order chi connectivity index (χ0) is 26.0. The smallest absolute Gasteiger partial charge is 0.149 e. The summed E-state index contributed by atoms with van der Waals surface area (Å²) in [6.45, 7) is 9.62. The minimum atomic E-state index is -1.13. The lowest BCUT2D eigenvalue weighted by Crippen LogP contribution is -2.39. The highest BCUT2D eigenvalue weighted by Gasteiger charge is 2.24. The fraction of sp³-hybridized carbons (Fsp3) is 0.448. The average molecular weight is 498 g/mol. The van der Waals surface area contributed by atoms with Crippen molar-refractivity contribution in [3.8, 4) is 11.3 Å². The van der Waals surface area contributed by atoms with Gasteiger partial charge in [0.2, 0.25) is 0 Å². The normalized spacial score (nSPS) is 18.5. The zero-order valence-electron chi connectivity index (χ0n) is 21.4. The first-order valence-corrected chi connectivity index (χ1v) is 12.5. The van der Waals surface area contributed by atoms with Crippen molar-refractivity contribution in [1.82, 2.24) is 9.97 Å². The zero-order valence-corrected chi connectivity index (χ0v) is 21.4. The van der Waals surface area contributed by atoms with Crippen molar-refractivity contribution in [3.63, 3.8) is 0 Å². The summed E-state index contributed by atoms with van der Waals surface area (Å²) >= 11 is 0. The molecule has 0 spiro atoms. The molecule has 4 rings (SSSR count). The number of pyridine rings is 2. The summed E-state index contributed by atoms with van der Waals surface area (Å²) in [7, 11) is 0. The number of benzene rings is 1. The van der Waals surface area contributed by atoms with E-state index in [9.17, 15) is 18.3 Å². The molecule has 0 unspecified atom stereocenters. The first-order chi connectivity index (χ1) is 17.0. The maximum atomic E-state index is 14.9. The molecule has 1 N–H and O–H groups in total. The molecule has 0 amide bonds. The van der Waals surface area contributed by atoms with E-state index in [0.29, 0.717) is 35.9 Å². The molecule has 1 aliphatic heterocycles. The van der Waals surface area contributed by atoms with Gasteiger partial charge in [0.05, 0.1) is 11.2 Å². The van der Waals surface area contributed by atoms with Crippen LogP contribution in [-0.2, 0) is 19.3 Å². The van der Waals surface area contributed by atoms with Crippen LogP contribution < -0.4 is 4.90 Å². The number of rotatable bonds is 7. The fourth-order valence-corrected chi connectivity index (χ4v) is 5.29. The number of aliphatic hydroxyl groups is 1. The highest BCUT2D eigenvalue weighted by atomic mass is 19.1. The number of hydrogen-bond donors (Lipinski definition) is 1. The lowest BCUT2D eigenvalue weighted by molar-refractivity contribution is 0.0809. The van der Waals surface area contributed by atoms with Crippen LogP contribution in [-0.4, -0.2) is 33.8 Å². The second kappa shape index (κ2) is 10.6. The van der Waals surface area contributed by atoms with E-state index in [1.54, 1.807) is 26.1 Å². The van der Waals surface area contributed by atoms with Gasteiger partial charge in [-0.15, -0.1) is 0 Å². The molecule has 0 saturated carbocycles. The Kier molecular flexibility index (Phi) is 7.69. The molecule has 0 aliphatic carbocycles. The molecule has 2 atom stereocenters. The second-order valence-corrected chi connectivity index (χ2v) is 10.9. The number of nitrogens with zero attached hydrogens (tertiary/aromatic N) is 3. The molecule has 3 heterocycles. The van der Waals surface area contributed by atoms with Gasteiger partial charge in [-0.05, 0) is 86.4 Å². The van der Waals surface area contributed by atoms with Crippen LogP contribution >= 0.6 is 0 Å². The lowest BCUT2D eigenvalue weighted by Gasteiger charge is -2.37. The first kappa shape index (κ1) is 26.1. The van der Waals surface area contributed by atoms with E-state index in [2.05, 4.69) is 28.7 Å². The summed E-state index contributed by atoms with van der Waals surface area (Å²) in [5, 5.41) is 9.98. The molecule has 1 saturated heterocycles. The molecule has 3 aromatic rings. The molecule has 0 radical (unpaired) electrons. The monoisotopic (exact) mass is 497 g/mol. The van der Waals surface area contributed by atoms with E-state index in [-0.39, 0.29) is 12.1 Å². The van der Waals surface area contributed by atoms with Crippen molar-refractivity contribution in [3.05, 3.63) is 77.0 Å². The predicted molar refractivity (Wildman–Crippen MR) is 136 cm³/mol. The molecule has 0 bridgehead atoms. The standard InChI is InChI=1S/C29H34F3N3O/c1-18-11-19(2)17-35(16-18)26-9-10-33-15-21(26)5-6-22-7-8-23(30)28(34-22)27-24(31)12-20(13-25(27)32)14-29(3,4)36/h7-10,12-13,15,18-19,36H,5-6,11,14,16-17H2,1-4H3/t18-,19+. The summed E-state index contributed by atoms with van der Waals surface area (Å²) in [6.07, 6.45) is 6.03. The van der Waals surface area contributed by atoms with Gasteiger partial charge in [0.25, 0.3) is 0 Å². The summed E-state index contributed by atoms with van der Waals surface area (Å²) in [5.74, 6) is -1.38. The topological polar surface area (TPSA) is 49.2 Å². The Bertz CT molecular complexity index is 1190. The number of anilines is 1. The SMILES string of the molecule is C[C@@H]1C[C@H](C)CN(c2ccncc2CCc2ccc(F)c(-c3c(F)cc(CC(C)(C)O)cc3F)n2)C1. The second-order valence-electron chi connectivity index (χ2n) is 10.9. The number of piperidine rings is 1. The van der Waals surface area contributed by atoms with Gasteiger partial charge >= 0.3 is 0 Å². The number of hydrogen-bond acceptors (Lipinski definition) is 4. The summed E-state index contributed by atoms with van der Waals surface area (Å²) < 4.78 is 44.5. The summed E-state index contributed by atoms with van der Waals surface area (Å²) in [6, 6.07) is 7.06. The Morgan fingerprint density at radius 1 is 0.972 bits per heavy atom. The van der Waals surface area contributed by atoms with Gasteiger partial charge in [0.15, 0.2) is 0 Å². The minimum absolute atomic E-state index is 0.0685. The molecule has 1 aliphatic rings. The van der Waals surface area contributed by atoms with Gasteiger partial charge in [0.1, 0.15) is 23.1 Å². The van der Waals surface area contributed by atoms with Crippen LogP contribution in [0.15, 0.2) is 42.7 Å². The van der Waals surface area contributed by atoms with Crippen LogP contribution in [0.5, 0.6) is 0 Å². The van der Waals surface area contributed by atoms with Gasteiger partial charge in [-0.2, -0.15) is 0 Å². The Morgan fingerprint density at radius 3 is 2.28 bits per heavy atom. The van der Waals surface area contributed by atoms with Gasteiger partial charge in [-0.25, -0.2) is 18.2 Å². The van der Waals surface area contributed by atoms with Crippen LogP contribution in [0.3, 0.4) is 0 Å². The molecular formula is C29H34F3N3O. The summed E-state index contributed by atoms with van der Waals surface area (Å²) in [4.78, 5) is 11.0. The van der Waals surface area contributed by atoms with Crippen LogP contribution in [0.2, 0.25) is 0 Å². The fourth-order valence-electron chi connectivity index (χ4n) is 5.29. The Hall–Kier alpha value is -2.93. The highest BCUT2D eigenvalue weighted by Crippen LogP contribution is 2.31. The van der Waals surface area contributed by atoms with E-state index >= 15 is 0 Å². The Balaban J connectivity index is 1.57. The molecule has 2 aromatic heterocycles. The van der Waals surface area contributed by atoms with Crippen LogP contribution in [0.1, 0.15) is 50.9 Å². The highest BCUT2D eigenvalue weighted by molar-refractivity contribution is 5.62. The molecule has 1 aromatic carbocycles. The molecule has 7 heteroatoms. The van der Waals surface area contributed by atoms with Crippen molar-refractivity contribution < 1.29 is 18.3 Å². The predicted octanol–water partition coefficient (Wildman–Crippen LogP) is 6.14. The Morgan fingerprint density at radius 2 is 1.64 bits per heavy atom. The van der Waals surface area contributed by atoms with E-state index in [1.807, 2.05) is 12.3 Å². The third-order valence-electron chi connectivity index (χ3n) is 6.62. The van der Waals surface area contributed by atoms with E-state index < -0.39 is 28.6 Å². The van der Waals surface area contributed by atoms with E-state index in [1.165, 1.54) is 12.5 Å². The third-order valence-corrected chi connectivity index (χ3v) is 6.62. The van der Waals surface area contributed by atoms with Crippen LogP contribution in [0.25, 0.3) is 11.3 Å². The molecular weight excluding hydrogens is 463 g/mol. The van der Waals surface area contributed by atoms with E-state index in [4.69, 9.17) is 0 Å². The van der Waals surface area contributed by atoms with Crippen molar-refractivity contribution in [2.24, 2.45) is 11.8 Å². The maximum Gasteiger partial charge on any atom is 0.149 e. The van der Waals surface area contributed by atoms with E-state index in [0.717, 1.165) is 36.5 Å².